The third kappa shape index (κ3) is 2.30. The molecule has 1 rings (SSSR count). The molecule has 1 aromatic rings. The number of nitro benzene ring substituents is 1. The topological polar surface area (TPSA) is 101 Å². The van der Waals surface area contributed by atoms with Crippen LogP contribution in [-0.2, 0) is 4.57 Å². The van der Waals surface area contributed by atoms with E-state index >= 15 is 0 Å². The first-order valence-electron chi connectivity index (χ1n) is 3.32. The summed E-state index contributed by atoms with van der Waals surface area (Å²) in [7, 11) is -4.66. The highest BCUT2D eigenvalue weighted by molar-refractivity contribution is 7.60. The fourth-order valence-corrected chi connectivity index (χ4v) is 1.89. The summed E-state index contributed by atoms with van der Waals surface area (Å²) in [4.78, 5) is 27.1. The van der Waals surface area contributed by atoms with Crippen molar-refractivity contribution in [2.45, 2.75) is 0 Å². The van der Waals surface area contributed by atoms with Crippen molar-refractivity contribution in [3.05, 3.63) is 33.3 Å². The minimum atomic E-state index is -4.66. The van der Waals surface area contributed by atoms with Crippen LogP contribution in [0, 0.1) is 10.1 Å². The maximum Gasteiger partial charge on any atom is 0.363 e. The fraction of sp³-hybridized carbons (Fsp3) is 0. The molecular weight excluding hydrogens is 232 g/mol. The molecule has 76 valence electrons. The maximum atomic E-state index is 10.8. The van der Waals surface area contributed by atoms with Gasteiger partial charge in [0, 0.05) is 11.1 Å². The summed E-state index contributed by atoms with van der Waals surface area (Å²) in [5, 5.41) is 9.76. The van der Waals surface area contributed by atoms with Crippen molar-refractivity contribution >= 4 is 30.2 Å². The van der Waals surface area contributed by atoms with Gasteiger partial charge in [-0.3, -0.25) is 14.7 Å². The Morgan fingerprint density at radius 3 is 2.43 bits per heavy atom. The van der Waals surface area contributed by atoms with Gasteiger partial charge >= 0.3 is 7.60 Å². The molecule has 0 fully saturated rings. The van der Waals surface area contributed by atoms with Crippen LogP contribution in [0.3, 0.4) is 0 Å². The summed E-state index contributed by atoms with van der Waals surface area (Å²) in [6, 6.07) is 3.04. The van der Waals surface area contributed by atoms with E-state index in [9.17, 15) is 14.7 Å². The second kappa shape index (κ2) is 3.67. The Balaban J connectivity index is 3.46. The highest BCUT2D eigenvalue weighted by Gasteiger charge is 2.28. The molecule has 0 saturated heterocycles. The Morgan fingerprint density at radius 2 is 2.00 bits per heavy atom. The van der Waals surface area contributed by atoms with Crippen molar-refractivity contribution in [3.8, 4) is 0 Å². The lowest BCUT2D eigenvalue weighted by atomic mass is 10.3. The van der Waals surface area contributed by atoms with Crippen LogP contribution in [0.1, 0.15) is 0 Å². The maximum absolute atomic E-state index is 10.8. The van der Waals surface area contributed by atoms with Gasteiger partial charge in [-0.2, -0.15) is 0 Å². The molecule has 0 atom stereocenters. The number of rotatable bonds is 2. The van der Waals surface area contributed by atoms with E-state index in [-0.39, 0.29) is 5.02 Å². The largest absolute Gasteiger partial charge is 0.363 e. The minimum Gasteiger partial charge on any atom is -0.321 e. The molecule has 0 heterocycles. The molecule has 1 aromatic carbocycles. The van der Waals surface area contributed by atoms with E-state index in [4.69, 9.17) is 21.4 Å². The Kier molecular flexibility index (Phi) is 2.92. The van der Waals surface area contributed by atoms with Gasteiger partial charge in [0.05, 0.1) is 4.92 Å². The Bertz CT molecular complexity index is 428. The van der Waals surface area contributed by atoms with E-state index in [0.717, 1.165) is 12.1 Å². The van der Waals surface area contributed by atoms with Crippen molar-refractivity contribution in [1.82, 2.24) is 0 Å². The van der Waals surface area contributed by atoms with Crippen LogP contribution in [0.25, 0.3) is 0 Å². The number of nitro groups is 1. The Hall–Kier alpha value is -0.940. The predicted octanol–water partition coefficient (Wildman–Crippen LogP) is 1.05. The Labute approximate surface area is 83.4 Å². The summed E-state index contributed by atoms with van der Waals surface area (Å²) < 4.78 is 10.8. The van der Waals surface area contributed by atoms with Crippen molar-refractivity contribution in [3.63, 3.8) is 0 Å². The van der Waals surface area contributed by atoms with Gasteiger partial charge in [0.1, 0.15) is 5.30 Å². The molecule has 6 nitrogen and oxygen atoms in total. The van der Waals surface area contributed by atoms with Crippen molar-refractivity contribution in [1.29, 1.82) is 0 Å². The normalized spacial score (nSPS) is 11.4. The molecule has 0 unspecified atom stereocenters. The van der Waals surface area contributed by atoms with Crippen LogP contribution in [0.4, 0.5) is 5.69 Å². The quantitative estimate of drug-likeness (QED) is 0.455. The average molecular weight is 238 g/mol. The summed E-state index contributed by atoms with van der Waals surface area (Å²) >= 11 is 5.46. The number of halogens is 1. The molecule has 2 N–H and O–H groups in total. The average Bonchev–Trinajstić information content (AvgIpc) is 2.01. The molecule has 0 spiro atoms. The molecule has 0 aliphatic heterocycles. The SMILES string of the molecule is O=[N+]([O-])c1ccc(Cl)cc1P(=O)(O)O. The highest BCUT2D eigenvalue weighted by atomic mass is 35.5. The molecule has 0 aromatic heterocycles. The van der Waals surface area contributed by atoms with Gasteiger partial charge in [0.15, 0.2) is 0 Å². The van der Waals surface area contributed by atoms with E-state index in [2.05, 4.69) is 0 Å². The molecule has 8 heteroatoms. The van der Waals surface area contributed by atoms with Crippen molar-refractivity contribution in [2.75, 3.05) is 0 Å². The lowest BCUT2D eigenvalue weighted by Crippen LogP contribution is -2.10. The second-order valence-electron chi connectivity index (χ2n) is 2.43. The zero-order chi connectivity index (χ0) is 10.9. The first kappa shape index (κ1) is 11.1. The number of nitrogens with zero attached hydrogens (tertiary/aromatic N) is 1. The summed E-state index contributed by atoms with van der Waals surface area (Å²) in [5.41, 5.74) is -0.636. The molecule has 0 aliphatic rings. The molecule has 0 amide bonds. The third-order valence-corrected chi connectivity index (χ3v) is 2.67. The van der Waals surface area contributed by atoms with Gasteiger partial charge in [0.2, 0.25) is 0 Å². The van der Waals surface area contributed by atoms with Crippen LogP contribution >= 0.6 is 19.2 Å². The summed E-state index contributed by atoms with van der Waals surface area (Å²) in [6.45, 7) is 0. The highest BCUT2D eigenvalue weighted by Crippen LogP contribution is 2.37. The van der Waals surface area contributed by atoms with E-state index in [1.807, 2.05) is 0 Å². The van der Waals surface area contributed by atoms with Gasteiger partial charge in [0.25, 0.3) is 5.69 Å². The third-order valence-electron chi connectivity index (χ3n) is 1.45. The number of benzene rings is 1. The van der Waals surface area contributed by atoms with Crippen LogP contribution in [0.5, 0.6) is 0 Å². The van der Waals surface area contributed by atoms with Gasteiger partial charge in [-0.25, -0.2) is 0 Å². The fourth-order valence-electron chi connectivity index (χ4n) is 0.884. The molecule has 0 radical (unpaired) electrons. The van der Waals surface area contributed by atoms with Gasteiger partial charge in [-0.1, -0.05) is 11.6 Å². The lowest BCUT2D eigenvalue weighted by molar-refractivity contribution is -0.383. The Morgan fingerprint density at radius 1 is 1.43 bits per heavy atom. The van der Waals surface area contributed by atoms with Crippen molar-refractivity contribution in [2.24, 2.45) is 0 Å². The standard InChI is InChI=1S/C6H5ClNO5P/c7-4-1-2-5(8(9)10)6(3-4)14(11,12)13/h1-3H,(H2,11,12,13). The van der Waals surface area contributed by atoms with Crippen LogP contribution in [0.15, 0.2) is 18.2 Å². The second-order valence-corrected chi connectivity index (χ2v) is 4.44. The monoisotopic (exact) mass is 237 g/mol. The lowest BCUT2D eigenvalue weighted by Gasteiger charge is -2.04. The molecule has 14 heavy (non-hydrogen) atoms. The van der Waals surface area contributed by atoms with Gasteiger partial charge < -0.3 is 9.79 Å². The van der Waals surface area contributed by atoms with E-state index in [1.165, 1.54) is 6.07 Å². The molecule has 0 bridgehead atoms. The van der Waals surface area contributed by atoms with Gasteiger partial charge in [-0.15, -0.1) is 0 Å². The molecule has 0 saturated carbocycles. The summed E-state index contributed by atoms with van der Waals surface area (Å²) in [5.74, 6) is 0. The van der Waals surface area contributed by atoms with Crippen molar-refractivity contribution < 1.29 is 19.3 Å². The zero-order valence-electron chi connectivity index (χ0n) is 6.62. The molecular formula is C6H5ClNO5P. The first-order valence-corrected chi connectivity index (χ1v) is 5.31. The van der Waals surface area contributed by atoms with E-state index < -0.39 is 23.5 Å². The smallest absolute Gasteiger partial charge is 0.321 e. The van der Waals surface area contributed by atoms with Gasteiger partial charge in [-0.05, 0) is 12.1 Å². The first-order chi connectivity index (χ1) is 6.32. The molecule has 0 aliphatic carbocycles. The zero-order valence-corrected chi connectivity index (χ0v) is 8.27. The minimum absolute atomic E-state index is 0.0360. The van der Waals surface area contributed by atoms with Crippen LogP contribution < -0.4 is 5.30 Å². The predicted molar refractivity (Wildman–Crippen MR) is 49.8 cm³/mol. The van der Waals surface area contributed by atoms with Crippen LogP contribution in [-0.4, -0.2) is 14.7 Å². The van der Waals surface area contributed by atoms with E-state index in [0.29, 0.717) is 0 Å². The number of hydrogen-bond acceptors (Lipinski definition) is 3. The van der Waals surface area contributed by atoms with Crippen LogP contribution in [0.2, 0.25) is 5.02 Å². The van der Waals surface area contributed by atoms with E-state index in [1.54, 1.807) is 0 Å². The summed E-state index contributed by atoms with van der Waals surface area (Å²) in [6.07, 6.45) is 0. The number of hydrogen-bond donors (Lipinski definition) is 2.